The van der Waals surface area contributed by atoms with Crippen molar-refractivity contribution in [2.45, 2.75) is 11.5 Å². The molecular formula is C19H20F2N4O5S. The van der Waals surface area contributed by atoms with E-state index in [-0.39, 0.29) is 60.2 Å². The molecule has 0 spiro atoms. The van der Waals surface area contributed by atoms with Crippen molar-refractivity contribution in [3.63, 3.8) is 0 Å². The Labute approximate surface area is 177 Å². The first-order valence-corrected chi connectivity index (χ1v) is 10.7. The van der Waals surface area contributed by atoms with Gasteiger partial charge in [0.25, 0.3) is 0 Å². The van der Waals surface area contributed by atoms with Crippen molar-refractivity contribution in [1.29, 1.82) is 0 Å². The summed E-state index contributed by atoms with van der Waals surface area (Å²) in [6, 6.07) is 5.68. The van der Waals surface area contributed by atoms with Gasteiger partial charge in [-0.2, -0.15) is 13.1 Å². The molecule has 1 aromatic heterocycles. The molecule has 0 aliphatic carbocycles. The summed E-state index contributed by atoms with van der Waals surface area (Å²) in [5, 5.41) is 2.74. The normalized spacial score (nSPS) is 15.1. The van der Waals surface area contributed by atoms with Crippen LogP contribution in [0.2, 0.25) is 0 Å². The minimum atomic E-state index is -3.97. The molecule has 1 saturated heterocycles. The minimum Gasteiger partial charge on any atom is -0.416 e. The number of pyridine rings is 1. The fraction of sp³-hybridized carbons (Fsp3) is 0.316. The molecule has 1 N–H and O–H groups in total. The van der Waals surface area contributed by atoms with Crippen LogP contribution in [0.3, 0.4) is 0 Å². The van der Waals surface area contributed by atoms with Gasteiger partial charge in [-0.1, -0.05) is 12.6 Å². The summed E-state index contributed by atoms with van der Waals surface area (Å²) in [6.45, 7) is 0.382. The number of piperazine rings is 1. The molecule has 1 aliphatic rings. The molecule has 166 valence electrons. The summed E-state index contributed by atoms with van der Waals surface area (Å²) in [5.74, 6) is -1.17. The number of rotatable bonds is 7. The number of ether oxygens (including phenoxy) is 1. The van der Waals surface area contributed by atoms with Crippen LogP contribution >= 0.6 is 0 Å². The highest BCUT2D eigenvalue weighted by Gasteiger charge is 2.31. The Kier molecular flexibility index (Phi) is 6.81. The third kappa shape index (κ3) is 4.97. The van der Waals surface area contributed by atoms with E-state index >= 15 is 0 Å². The fourth-order valence-corrected chi connectivity index (χ4v) is 4.85. The van der Waals surface area contributed by atoms with Gasteiger partial charge in [-0.3, -0.25) is 9.59 Å². The van der Waals surface area contributed by atoms with E-state index in [4.69, 9.17) is 0 Å². The Hall–Kier alpha value is -3.12. The highest BCUT2D eigenvalue weighted by Crippen LogP contribution is 2.31. The Balaban J connectivity index is 1.77. The third-order valence-electron chi connectivity index (χ3n) is 4.74. The molecule has 0 atom stereocenters. The van der Waals surface area contributed by atoms with Crippen LogP contribution in [0, 0.1) is 0 Å². The van der Waals surface area contributed by atoms with Crippen LogP contribution in [0.15, 0.2) is 48.0 Å². The monoisotopic (exact) mass is 454 g/mol. The number of alkyl halides is 2. The number of nitrogens with one attached hydrogen (secondary N) is 1. The number of aromatic nitrogens is 1. The van der Waals surface area contributed by atoms with Gasteiger partial charge in [0.1, 0.15) is 0 Å². The second-order valence-corrected chi connectivity index (χ2v) is 8.46. The number of carbonyl (C=O) groups is 2. The molecule has 3 rings (SSSR count). The lowest BCUT2D eigenvalue weighted by Gasteiger charge is -2.34. The quantitative estimate of drug-likeness (QED) is 0.625. The van der Waals surface area contributed by atoms with Crippen LogP contribution < -0.4 is 10.1 Å². The van der Waals surface area contributed by atoms with Crippen LogP contribution in [-0.2, 0) is 19.6 Å². The zero-order chi connectivity index (χ0) is 22.6. The molecule has 1 aliphatic heterocycles. The summed E-state index contributed by atoms with van der Waals surface area (Å²) < 4.78 is 57.3. The van der Waals surface area contributed by atoms with E-state index in [0.29, 0.717) is 0 Å². The number of sulfonamides is 1. The maximum atomic E-state index is 13.2. The predicted octanol–water partition coefficient (Wildman–Crippen LogP) is 0.971. The summed E-state index contributed by atoms with van der Waals surface area (Å²) >= 11 is 0. The van der Waals surface area contributed by atoms with Gasteiger partial charge in [0, 0.05) is 43.1 Å². The van der Waals surface area contributed by atoms with Gasteiger partial charge in [0.05, 0.1) is 11.4 Å². The summed E-state index contributed by atoms with van der Waals surface area (Å²) in [7, 11) is -3.97. The van der Waals surface area contributed by atoms with Crippen LogP contribution in [-0.4, -0.2) is 73.8 Å². The van der Waals surface area contributed by atoms with Crippen molar-refractivity contribution in [2.24, 2.45) is 0 Å². The van der Waals surface area contributed by atoms with Crippen molar-refractivity contribution in [3.8, 4) is 5.88 Å². The fourth-order valence-electron chi connectivity index (χ4n) is 3.22. The van der Waals surface area contributed by atoms with Gasteiger partial charge in [-0.25, -0.2) is 13.4 Å². The SMILES string of the molecule is C=CC(=O)NCC(=O)N1CCN(S(=O)(=O)c2cccc3c(OC(F)F)nccc23)CC1. The topological polar surface area (TPSA) is 109 Å². The van der Waals surface area contributed by atoms with Crippen LogP contribution in [0.1, 0.15) is 0 Å². The lowest BCUT2D eigenvalue weighted by Crippen LogP contribution is -2.52. The average molecular weight is 454 g/mol. The maximum absolute atomic E-state index is 13.2. The third-order valence-corrected chi connectivity index (χ3v) is 6.70. The second kappa shape index (κ2) is 9.35. The van der Waals surface area contributed by atoms with Crippen molar-refractivity contribution < 1.29 is 31.5 Å². The lowest BCUT2D eigenvalue weighted by molar-refractivity contribution is -0.133. The first kappa shape index (κ1) is 22.6. The van der Waals surface area contributed by atoms with Crippen LogP contribution in [0.25, 0.3) is 10.8 Å². The average Bonchev–Trinajstić information content (AvgIpc) is 2.76. The molecule has 1 fully saturated rings. The number of halogens is 2. The standard InChI is InChI=1S/C19H20F2N4O5S/c1-2-16(26)23-12-17(27)24-8-10-25(11-9-24)31(28,29)15-5-3-4-14-13(15)6-7-22-18(14)30-19(20)21/h2-7,19H,1,8-12H2,(H,23,26). The molecule has 2 amide bonds. The van der Waals surface area contributed by atoms with Gasteiger partial charge < -0.3 is 15.0 Å². The predicted molar refractivity (Wildman–Crippen MR) is 107 cm³/mol. The van der Waals surface area contributed by atoms with E-state index in [2.05, 4.69) is 21.6 Å². The Morgan fingerprint density at radius 2 is 1.90 bits per heavy atom. The molecule has 9 nitrogen and oxygen atoms in total. The van der Waals surface area contributed by atoms with E-state index in [1.54, 1.807) is 0 Å². The molecule has 2 heterocycles. The molecule has 31 heavy (non-hydrogen) atoms. The van der Waals surface area contributed by atoms with Crippen molar-refractivity contribution in [1.82, 2.24) is 19.5 Å². The number of hydrogen-bond donors (Lipinski definition) is 1. The maximum Gasteiger partial charge on any atom is 0.388 e. The molecule has 0 unspecified atom stereocenters. The smallest absolute Gasteiger partial charge is 0.388 e. The molecule has 1 aromatic carbocycles. The molecular weight excluding hydrogens is 434 g/mol. The van der Waals surface area contributed by atoms with Crippen LogP contribution in [0.5, 0.6) is 5.88 Å². The van der Waals surface area contributed by atoms with Gasteiger partial charge in [0.15, 0.2) is 0 Å². The van der Waals surface area contributed by atoms with Gasteiger partial charge in [-0.05, 0) is 24.3 Å². The van der Waals surface area contributed by atoms with Gasteiger partial charge >= 0.3 is 6.61 Å². The second-order valence-electron chi connectivity index (χ2n) is 6.55. The van der Waals surface area contributed by atoms with E-state index in [0.717, 1.165) is 6.08 Å². The van der Waals surface area contributed by atoms with E-state index in [9.17, 15) is 26.8 Å². The number of carbonyl (C=O) groups excluding carboxylic acids is 2. The highest BCUT2D eigenvalue weighted by molar-refractivity contribution is 7.89. The van der Waals surface area contributed by atoms with E-state index in [1.165, 1.54) is 39.7 Å². The van der Waals surface area contributed by atoms with Crippen molar-refractivity contribution >= 4 is 32.6 Å². The first-order chi connectivity index (χ1) is 14.7. The number of benzene rings is 1. The zero-order valence-corrected chi connectivity index (χ0v) is 17.1. The van der Waals surface area contributed by atoms with Gasteiger partial charge in [0.2, 0.25) is 27.7 Å². The number of fused-ring (bicyclic) bond motifs is 1. The number of nitrogens with zero attached hydrogens (tertiary/aromatic N) is 3. The van der Waals surface area contributed by atoms with E-state index in [1.807, 2.05) is 0 Å². The lowest BCUT2D eigenvalue weighted by atomic mass is 10.2. The first-order valence-electron chi connectivity index (χ1n) is 9.24. The molecule has 12 heteroatoms. The molecule has 0 bridgehead atoms. The Morgan fingerprint density at radius 3 is 2.55 bits per heavy atom. The summed E-state index contributed by atoms with van der Waals surface area (Å²) in [6.07, 6.45) is 2.25. The number of hydrogen-bond acceptors (Lipinski definition) is 6. The van der Waals surface area contributed by atoms with E-state index < -0.39 is 22.5 Å². The van der Waals surface area contributed by atoms with Crippen molar-refractivity contribution in [2.75, 3.05) is 32.7 Å². The van der Waals surface area contributed by atoms with Crippen molar-refractivity contribution in [3.05, 3.63) is 43.1 Å². The van der Waals surface area contributed by atoms with Gasteiger partial charge in [-0.15, -0.1) is 0 Å². The summed E-state index contributed by atoms with van der Waals surface area (Å²) in [5.41, 5.74) is 0. The zero-order valence-electron chi connectivity index (χ0n) is 16.3. The highest BCUT2D eigenvalue weighted by atomic mass is 32.2. The largest absolute Gasteiger partial charge is 0.416 e. The number of amides is 2. The Morgan fingerprint density at radius 1 is 1.19 bits per heavy atom. The summed E-state index contributed by atoms with van der Waals surface area (Å²) in [4.78, 5) is 28.5. The molecule has 0 saturated carbocycles. The molecule has 0 radical (unpaired) electrons. The minimum absolute atomic E-state index is 0.0470. The Bertz CT molecular complexity index is 1100. The van der Waals surface area contributed by atoms with Crippen LogP contribution in [0.4, 0.5) is 8.78 Å². The molecule has 2 aromatic rings.